The summed E-state index contributed by atoms with van der Waals surface area (Å²) >= 11 is 0. The zero-order chi connectivity index (χ0) is 19.4. The number of fused-ring (bicyclic) bond motifs is 1. The molecule has 0 unspecified atom stereocenters. The number of allylic oxidation sites excluding steroid dienone is 1. The molecule has 2 aliphatic rings. The molecule has 2 N–H and O–H groups in total. The van der Waals surface area contributed by atoms with E-state index >= 15 is 0 Å². The van der Waals surface area contributed by atoms with Gasteiger partial charge in [-0.3, -0.25) is 0 Å². The van der Waals surface area contributed by atoms with Crippen molar-refractivity contribution >= 4 is 11.9 Å². The highest BCUT2D eigenvalue weighted by Gasteiger charge is 2.44. The summed E-state index contributed by atoms with van der Waals surface area (Å²) in [6.45, 7) is 8.69. The summed E-state index contributed by atoms with van der Waals surface area (Å²) < 4.78 is 11.0. The quantitative estimate of drug-likeness (QED) is 0.453. The summed E-state index contributed by atoms with van der Waals surface area (Å²) in [5.41, 5.74) is 2.00. The number of esters is 2. The van der Waals surface area contributed by atoms with Crippen molar-refractivity contribution in [1.82, 2.24) is 0 Å². The molecule has 1 aliphatic carbocycles. The molecule has 142 valence electrons. The number of aliphatic hydroxyl groups is 2. The van der Waals surface area contributed by atoms with Gasteiger partial charge in [-0.25, -0.2) is 9.59 Å². The van der Waals surface area contributed by atoms with Gasteiger partial charge in [0.15, 0.2) is 0 Å². The average molecular weight is 362 g/mol. The van der Waals surface area contributed by atoms with Gasteiger partial charge in [0.1, 0.15) is 12.2 Å². The second kappa shape index (κ2) is 8.47. The lowest BCUT2D eigenvalue weighted by Gasteiger charge is -2.28. The van der Waals surface area contributed by atoms with Gasteiger partial charge in [0, 0.05) is 12.0 Å². The maximum atomic E-state index is 12.3. The van der Waals surface area contributed by atoms with E-state index in [1.54, 1.807) is 19.9 Å². The minimum absolute atomic E-state index is 0.151. The van der Waals surface area contributed by atoms with Crippen molar-refractivity contribution in [2.24, 2.45) is 5.92 Å². The molecule has 0 spiro atoms. The van der Waals surface area contributed by atoms with Gasteiger partial charge in [-0.05, 0) is 38.8 Å². The van der Waals surface area contributed by atoms with Crippen LogP contribution in [0, 0.1) is 5.92 Å². The van der Waals surface area contributed by atoms with E-state index < -0.39 is 42.8 Å². The second-order valence-electron chi connectivity index (χ2n) is 6.75. The molecule has 0 aromatic carbocycles. The third-order valence-electron chi connectivity index (χ3n) is 4.87. The van der Waals surface area contributed by atoms with Crippen LogP contribution in [0.1, 0.15) is 33.6 Å². The minimum atomic E-state index is -0.665. The Labute approximate surface area is 153 Å². The number of carbonyl (C=O) groups excluding carboxylic acids is 2. The summed E-state index contributed by atoms with van der Waals surface area (Å²) in [6, 6.07) is 0. The Hall–Kier alpha value is -2.18. The van der Waals surface area contributed by atoms with Crippen molar-refractivity contribution in [3.8, 4) is 0 Å². The van der Waals surface area contributed by atoms with Crippen LogP contribution in [0.4, 0.5) is 0 Å². The van der Waals surface area contributed by atoms with E-state index in [2.05, 4.69) is 6.58 Å². The number of aliphatic hydroxyl groups excluding tert-OH is 2. The fourth-order valence-electron chi connectivity index (χ4n) is 3.18. The Morgan fingerprint density at radius 3 is 2.77 bits per heavy atom. The minimum Gasteiger partial charge on any atom is -0.458 e. The third kappa shape index (κ3) is 4.31. The Morgan fingerprint density at radius 1 is 1.46 bits per heavy atom. The number of carbonyl (C=O) groups is 2. The van der Waals surface area contributed by atoms with E-state index in [0.29, 0.717) is 18.4 Å². The first-order valence-electron chi connectivity index (χ1n) is 8.67. The van der Waals surface area contributed by atoms with E-state index in [1.165, 1.54) is 6.08 Å². The fourth-order valence-corrected chi connectivity index (χ4v) is 3.18. The van der Waals surface area contributed by atoms with E-state index in [1.807, 2.05) is 13.0 Å². The standard InChI is InChI=1S/C20H26O6/c1-5-14(10-21)20(24)26-16-8-11(2)6-7-15(22)12(3)9-17-18(16)13(4)19(23)25-17/h5-6,9,15-18,21-22H,4,7-8,10H2,1-3H3/b11-6+,12-9+,14-5-/t15-,16-,17+,18-/m1/s1. The summed E-state index contributed by atoms with van der Waals surface area (Å²) in [5, 5.41) is 19.5. The smallest absolute Gasteiger partial charge is 0.336 e. The van der Waals surface area contributed by atoms with Crippen molar-refractivity contribution in [3.63, 3.8) is 0 Å². The summed E-state index contributed by atoms with van der Waals surface area (Å²) in [4.78, 5) is 24.4. The van der Waals surface area contributed by atoms with Gasteiger partial charge in [0.05, 0.1) is 24.2 Å². The SMILES string of the molecule is C=C1C(=O)O[C@H]2/C=C(\C)[C@H](O)C/C=C(\C)C[C@@H](OC(=O)/C(=C\C)CO)[C@@H]12. The molecular formula is C20H26O6. The lowest BCUT2D eigenvalue weighted by atomic mass is 9.85. The highest BCUT2D eigenvalue weighted by atomic mass is 16.6. The predicted molar refractivity (Wildman–Crippen MR) is 96.0 cm³/mol. The third-order valence-corrected chi connectivity index (χ3v) is 4.87. The highest BCUT2D eigenvalue weighted by molar-refractivity contribution is 5.92. The molecular weight excluding hydrogens is 336 g/mol. The Bertz CT molecular complexity index is 684. The largest absolute Gasteiger partial charge is 0.458 e. The number of rotatable bonds is 3. The topological polar surface area (TPSA) is 93.1 Å². The first-order valence-corrected chi connectivity index (χ1v) is 8.67. The van der Waals surface area contributed by atoms with Crippen molar-refractivity contribution in [1.29, 1.82) is 0 Å². The summed E-state index contributed by atoms with van der Waals surface area (Å²) in [5.74, 6) is -1.71. The van der Waals surface area contributed by atoms with Gasteiger partial charge in [0.25, 0.3) is 0 Å². The van der Waals surface area contributed by atoms with Crippen LogP contribution in [0.25, 0.3) is 0 Å². The molecule has 2 rings (SSSR count). The van der Waals surface area contributed by atoms with Crippen LogP contribution in [0.5, 0.6) is 0 Å². The van der Waals surface area contributed by atoms with Crippen LogP contribution in [-0.4, -0.2) is 47.1 Å². The normalized spacial score (nSPS) is 34.1. The van der Waals surface area contributed by atoms with Gasteiger partial charge in [-0.1, -0.05) is 24.3 Å². The summed E-state index contributed by atoms with van der Waals surface area (Å²) in [7, 11) is 0. The molecule has 26 heavy (non-hydrogen) atoms. The Balaban J connectivity index is 2.41. The monoisotopic (exact) mass is 362 g/mol. The van der Waals surface area contributed by atoms with Crippen molar-refractivity contribution in [2.75, 3.05) is 6.61 Å². The van der Waals surface area contributed by atoms with Crippen LogP contribution in [0.3, 0.4) is 0 Å². The highest BCUT2D eigenvalue weighted by Crippen LogP contribution is 2.36. The van der Waals surface area contributed by atoms with E-state index in [9.17, 15) is 19.8 Å². The van der Waals surface area contributed by atoms with Crippen LogP contribution < -0.4 is 0 Å². The van der Waals surface area contributed by atoms with E-state index in [4.69, 9.17) is 9.47 Å². The van der Waals surface area contributed by atoms with Crippen LogP contribution in [0.15, 0.2) is 47.1 Å². The van der Waals surface area contributed by atoms with Crippen molar-refractivity contribution in [3.05, 3.63) is 47.1 Å². The van der Waals surface area contributed by atoms with Crippen LogP contribution >= 0.6 is 0 Å². The molecule has 1 fully saturated rings. The fraction of sp³-hybridized carbons (Fsp3) is 0.500. The number of hydrogen-bond acceptors (Lipinski definition) is 6. The molecule has 1 heterocycles. The lowest BCUT2D eigenvalue weighted by molar-refractivity contribution is -0.147. The maximum Gasteiger partial charge on any atom is 0.336 e. The van der Waals surface area contributed by atoms with Gasteiger partial charge in [-0.15, -0.1) is 0 Å². The van der Waals surface area contributed by atoms with Gasteiger partial charge >= 0.3 is 11.9 Å². The molecule has 0 radical (unpaired) electrons. The van der Waals surface area contributed by atoms with E-state index in [-0.39, 0.29) is 11.1 Å². The maximum absolute atomic E-state index is 12.3. The number of hydrogen-bond donors (Lipinski definition) is 2. The first-order chi connectivity index (χ1) is 12.3. The molecule has 6 heteroatoms. The molecule has 6 nitrogen and oxygen atoms in total. The Kier molecular flexibility index (Phi) is 6.56. The molecule has 0 aromatic rings. The van der Waals surface area contributed by atoms with Gasteiger partial charge in [0.2, 0.25) is 0 Å². The molecule has 1 aliphatic heterocycles. The molecule has 0 amide bonds. The molecule has 0 saturated carbocycles. The molecule has 1 saturated heterocycles. The van der Waals surface area contributed by atoms with Crippen LogP contribution in [-0.2, 0) is 19.1 Å². The first kappa shape index (κ1) is 20.1. The second-order valence-corrected chi connectivity index (χ2v) is 6.75. The predicted octanol–water partition coefficient (Wildman–Crippen LogP) is 1.98. The van der Waals surface area contributed by atoms with Gasteiger partial charge in [-0.2, -0.15) is 0 Å². The molecule has 4 atom stereocenters. The molecule has 0 aromatic heterocycles. The zero-order valence-corrected chi connectivity index (χ0v) is 15.4. The van der Waals surface area contributed by atoms with E-state index in [0.717, 1.165) is 5.57 Å². The number of ether oxygens (including phenoxy) is 2. The summed E-state index contributed by atoms with van der Waals surface area (Å²) in [6.07, 6.45) is 3.91. The van der Waals surface area contributed by atoms with Crippen molar-refractivity contribution < 1.29 is 29.3 Å². The van der Waals surface area contributed by atoms with Crippen molar-refractivity contribution in [2.45, 2.75) is 51.9 Å². The zero-order valence-electron chi connectivity index (χ0n) is 15.4. The average Bonchev–Trinajstić information content (AvgIpc) is 2.86. The van der Waals surface area contributed by atoms with Gasteiger partial charge < -0.3 is 19.7 Å². The molecule has 0 bridgehead atoms. The lowest BCUT2D eigenvalue weighted by Crippen LogP contribution is -2.34. The van der Waals surface area contributed by atoms with Crippen LogP contribution in [0.2, 0.25) is 0 Å². The Morgan fingerprint density at radius 2 is 2.15 bits per heavy atom.